The first-order valence-corrected chi connectivity index (χ1v) is 21.6. The van der Waals surface area contributed by atoms with Crippen LogP contribution in [0.3, 0.4) is 0 Å². The van der Waals surface area contributed by atoms with Crippen molar-refractivity contribution in [3.63, 3.8) is 0 Å². The molecule has 288 valence electrons. The largest absolute Gasteiger partial charge is 0.456 e. The summed E-state index contributed by atoms with van der Waals surface area (Å²) in [7, 11) is 0. The molecule has 3 heterocycles. The van der Waals surface area contributed by atoms with Crippen molar-refractivity contribution in [1.29, 1.82) is 0 Å². The van der Waals surface area contributed by atoms with E-state index in [1.807, 2.05) is 29.5 Å². The van der Waals surface area contributed by atoms with Gasteiger partial charge in [0.05, 0.1) is 0 Å². The molecule has 13 rings (SSSR count). The Morgan fingerprint density at radius 3 is 1.56 bits per heavy atom. The summed E-state index contributed by atoms with van der Waals surface area (Å²) in [4.78, 5) is 15.3. The van der Waals surface area contributed by atoms with E-state index in [0.29, 0.717) is 17.5 Å². The third kappa shape index (κ3) is 5.56. The lowest BCUT2D eigenvalue weighted by Crippen LogP contribution is -2.00. The van der Waals surface area contributed by atoms with Crippen LogP contribution in [0.15, 0.2) is 205 Å². The van der Waals surface area contributed by atoms with Crippen LogP contribution in [-0.2, 0) is 0 Å². The van der Waals surface area contributed by atoms with E-state index in [4.69, 9.17) is 19.4 Å². The van der Waals surface area contributed by atoms with Gasteiger partial charge in [0.1, 0.15) is 11.2 Å². The molecule has 5 heteroatoms. The fourth-order valence-electron chi connectivity index (χ4n) is 9.38. The Hall–Kier alpha value is -7.99. The first-order valence-electron chi connectivity index (χ1n) is 20.8. The van der Waals surface area contributed by atoms with Crippen LogP contribution in [0.1, 0.15) is 0 Å². The molecule has 3 aromatic heterocycles. The van der Waals surface area contributed by atoms with Crippen LogP contribution in [0.25, 0.3) is 131 Å². The number of fused-ring (bicyclic) bond motifs is 12. The van der Waals surface area contributed by atoms with Crippen molar-refractivity contribution >= 4 is 85.8 Å². The highest BCUT2D eigenvalue weighted by Gasteiger charge is 2.18. The molecule has 0 unspecified atom stereocenters. The number of aromatic nitrogens is 3. The number of rotatable bonds is 5. The zero-order valence-corrected chi connectivity index (χ0v) is 34.0. The Kier molecular flexibility index (Phi) is 7.74. The molecule has 0 spiro atoms. The maximum absolute atomic E-state index is 6.55. The molecular weight excluding hydrogens is 775 g/mol. The van der Waals surface area contributed by atoms with Crippen molar-refractivity contribution in [2.75, 3.05) is 0 Å². The van der Waals surface area contributed by atoms with Crippen molar-refractivity contribution in [3.05, 3.63) is 200 Å². The summed E-state index contributed by atoms with van der Waals surface area (Å²) in [5.74, 6) is 1.90. The fourth-order valence-corrected chi connectivity index (χ4v) is 10.5. The molecule has 13 aromatic rings. The monoisotopic (exact) mass is 807 g/mol. The van der Waals surface area contributed by atoms with E-state index >= 15 is 0 Å². The van der Waals surface area contributed by atoms with E-state index in [1.54, 1.807) is 0 Å². The first-order chi connectivity index (χ1) is 30.7. The summed E-state index contributed by atoms with van der Waals surface area (Å²) in [6, 6.07) is 71.1. The number of benzene rings is 10. The van der Waals surface area contributed by atoms with E-state index in [2.05, 4.69) is 182 Å². The molecule has 0 saturated carbocycles. The average molecular weight is 808 g/mol. The van der Waals surface area contributed by atoms with E-state index in [0.717, 1.165) is 55.3 Å². The molecule has 0 aliphatic heterocycles. The predicted molar refractivity (Wildman–Crippen MR) is 260 cm³/mol. The number of hydrogen-bond donors (Lipinski definition) is 0. The van der Waals surface area contributed by atoms with E-state index < -0.39 is 0 Å². The third-order valence-corrected chi connectivity index (χ3v) is 13.5. The lowest BCUT2D eigenvalue weighted by atomic mass is 9.91. The molecule has 0 amide bonds. The highest BCUT2D eigenvalue weighted by molar-refractivity contribution is 7.25. The summed E-state index contributed by atoms with van der Waals surface area (Å²) < 4.78 is 9.06. The molecule has 10 aromatic carbocycles. The van der Waals surface area contributed by atoms with E-state index in [9.17, 15) is 0 Å². The highest BCUT2D eigenvalue weighted by Crippen LogP contribution is 2.42. The molecule has 0 saturated heterocycles. The quantitative estimate of drug-likeness (QED) is 0.163. The Morgan fingerprint density at radius 1 is 0.290 bits per heavy atom. The zero-order valence-electron chi connectivity index (χ0n) is 33.2. The summed E-state index contributed by atoms with van der Waals surface area (Å²) in [5, 5.41) is 12.2. The van der Waals surface area contributed by atoms with Crippen LogP contribution >= 0.6 is 11.3 Å². The molecule has 0 aliphatic rings. The molecule has 0 bridgehead atoms. The summed E-state index contributed by atoms with van der Waals surface area (Å²) in [6.45, 7) is 0. The second-order valence-electron chi connectivity index (χ2n) is 15.9. The van der Waals surface area contributed by atoms with Gasteiger partial charge in [-0.3, -0.25) is 0 Å². The first kappa shape index (κ1) is 34.8. The predicted octanol–water partition coefficient (Wildman–Crippen LogP) is 15.9. The molecule has 0 radical (unpaired) electrons. The second-order valence-corrected chi connectivity index (χ2v) is 17.0. The van der Waals surface area contributed by atoms with Gasteiger partial charge in [-0.25, -0.2) is 15.0 Å². The number of hydrogen-bond acceptors (Lipinski definition) is 5. The summed E-state index contributed by atoms with van der Waals surface area (Å²) in [6.07, 6.45) is 0. The third-order valence-electron chi connectivity index (χ3n) is 12.3. The van der Waals surface area contributed by atoms with Crippen LogP contribution in [0, 0.1) is 0 Å². The minimum atomic E-state index is 0.620. The van der Waals surface area contributed by atoms with Crippen LogP contribution in [0.4, 0.5) is 0 Å². The molecule has 0 N–H and O–H groups in total. The highest BCUT2D eigenvalue weighted by atomic mass is 32.1. The minimum Gasteiger partial charge on any atom is -0.456 e. The van der Waals surface area contributed by atoms with Gasteiger partial charge < -0.3 is 4.42 Å². The maximum atomic E-state index is 6.55. The summed E-state index contributed by atoms with van der Waals surface area (Å²) in [5.41, 5.74) is 8.96. The number of nitrogens with zero attached hydrogens (tertiary/aromatic N) is 3. The second kappa shape index (κ2) is 13.8. The maximum Gasteiger partial charge on any atom is 0.164 e. The van der Waals surface area contributed by atoms with Gasteiger partial charge in [0.15, 0.2) is 17.5 Å². The van der Waals surface area contributed by atoms with Gasteiger partial charge >= 0.3 is 0 Å². The molecule has 0 fully saturated rings. The van der Waals surface area contributed by atoms with Gasteiger partial charge in [0.25, 0.3) is 0 Å². The standard InChI is InChI=1S/C57H33N3OS/c1-2-12-34(13-3-1)55-58-56(60-57(59-55)39-26-29-53-48(33-39)46-20-8-9-23-52(46)62-53)38-15-10-14-37(30-38)40-21-11-22-51-54(40)49-32-36(25-28-50(49)61-51)35-24-27-45-43-18-5-4-16-41(43)42-17-6-7-19-44(42)47(45)31-35/h1-33H. The van der Waals surface area contributed by atoms with Gasteiger partial charge in [0, 0.05) is 47.6 Å². The molecule has 4 nitrogen and oxygen atoms in total. The van der Waals surface area contributed by atoms with Crippen LogP contribution < -0.4 is 0 Å². The number of furan rings is 1. The Morgan fingerprint density at radius 2 is 0.806 bits per heavy atom. The summed E-state index contributed by atoms with van der Waals surface area (Å²) >= 11 is 1.81. The van der Waals surface area contributed by atoms with Crippen molar-refractivity contribution < 1.29 is 4.42 Å². The van der Waals surface area contributed by atoms with Crippen molar-refractivity contribution in [2.45, 2.75) is 0 Å². The van der Waals surface area contributed by atoms with Crippen molar-refractivity contribution in [2.24, 2.45) is 0 Å². The van der Waals surface area contributed by atoms with Crippen molar-refractivity contribution in [3.8, 4) is 56.4 Å². The minimum absolute atomic E-state index is 0.620. The zero-order chi connectivity index (χ0) is 40.7. The van der Waals surface area contributed by atoms with Crippen LogP contribution in [0.5, 0.6) is 0 Å². The van der Waals surface area contributed by atoms with Crippen LogP contribution in [0.2, 0.25) is 0 Å². The van der Waals surface area contributed by atoms with Gasteiger partial charge in [0.2, 0.25) is 0 Å². The Labute approximate surface area is 360 Å². The fraction of sp³-hybridized carbons (Fsp3) is 0. The van der Waals surface area contributed by atoms with Gasteiger partial charge in [-0.15, -0.1) is 11.3 Å². The Bertz CT molecular complexity index is 3910. The van der Waals surface area contributed by atoms with Gasteiger partial charge in [-0.1, -0.05) is 146 Å². The molecule has 0 aliphatic carbocycles. The molecule has 0 atom stereocenters. The average Bonchev–Trinajstić information content (AvgIpc) is 3.92. The van der Waals surface area contributed by atoms with Crippen molar-refractivity contribution in [1.82, 2.24) is 15.0 Å². The normalized spacial score (nSPS) is 11.9. The lowest BCUT2D eigenvalue weighted by molar-refractivity contribution is 0.669. The Balaban J connectivity index is 0.946. The SMILES string of the molecule is c1ccc(-c2nc(-c3cccc(-c4cccc5oc6ccc(-c7ccc8c9ccccc9c9ccccc9c8c7)cc6c45)c3)nc(-c3ccc4sc5ccccc5c4c3)n2)cc1. The molecular formula is C57H33N3OS. The topological polar surface area (TPSA) is 51.8 Å². The van der Waals surface area contributed by atoms with Crippen LogP contribution in [-0.4, -0.2) is 15.0 Å². The molecule has 62 heavy (non-hydrogen) atoms. The van der Waals surface area contributed by atoms with Gasteiger partial charge in [-0.2, -0.15) is 0 Å². The lowest BCUT2D eigenvalue weighted by Gasteiger charge is -2.12. The van der Waals surface area contributed by atoms with E-state index in [-0.39, 0.29) is 0 Å². The van der Waals surface area contributed by atoms with Gasteiger partial charge in [-0.05, 0) is 109 Å². The smallest absolute Gasteiger partial charge is 0.164 e. The van der Waals surface area contributed by atoms with E-state index in [1.165, 1.54) is 58.1 Å². The number of thiophene rings is 1.